The van der Waals surface area contributed by atoms with Crippen molar-refractivity contribution >= 4 is 32.8 Å². The summed E-state index contributed by atoms with van der Waals surface area (Å²) in [6.07, 6.45) is 0. The van der Waals surface area contributed by atoms with E-state index in [0.29, 0.717) is 5.69 Å². The van der Waals surface area contributed by atoms with Gasteiger partial charge in [0.05, 0.1) is 11.4 Å². The molecule has 5 heteroatoms. The minimum Gasteiger partial charge on any atom is -0.274 e. The second-order valence-corrected chi connectivity index (χ2v) is 4.59. The monoisotopic (exact) mass is 298 g/mol. The molecule has 2 aromatic rings. The first-order chi connectivity index (χ1) is 7.58. The highest BCUT2D eigenvalue weighted by molar-refractivity contribution is 9.10. The standard InChI is InChI=1S/C11H8BrClN2O/c1-7-6-10(11(13)16)15(14-7)9-4-2-8(12)3-5-9/h2-6H,1H3. The summed E-state index contributed by atoms with van der Waals surface area (Å²) in [4.78, 5) is 11.2. The van der Waals surface area contributed by atoms with E-state index in [1.165, 1.54) is 4.68 Å². The van der Waals surface area contributed by atoms with E-state index in [9.17, 15) is 4.79 Å². The quantitative estimate of drug-likeness (QED) is 0.797. The second kappa shape index (κ2) is 4.39. The maximum atomic E-state index is 11.2. The number of halogens is 2. The highest BCUT2D eigenvalue weighted by Crippen LogP contribution is 2.17. The molecule has 0 spiro atoms. The van der Waals surface area contributed by atoms with Gasteiger partial charge in [0, 0.05) is 4.47 Å². The first-order valence-electron chi connectivity index (χ1n) is 4.60. The molecule has 0 aliphatic heterocycles. The van der Waals surface area contributed by atoms with Crippen molar-refractivity contribution in [1.82, 2.24) is 9.78 Å². The van der Waals surface area contributed by atoms with Crippen molar-refractivity contribution in [1.29, 1.82) is 0 Å². The van der Waals surface area contributed by atoms with Crippen LogP contribution >= 0.6 is 27.5 Å². The normalized spacial score (nSPS) is 10.4. The Morgan fingerprint density at radius 1 is 1.38 bits per heavy atom. The average molecular weight is 300 g/mol. The topological polar surface area (TPSA) is 34.9 Å². The summed E-state index contributed by atoms with van der Waals surface area (Å²) in [7, 11) is 0. The summed E-state index contributed by atoms with van der Waals surface area (Å²) in [6, 6.07) is 9.15. The minimum absolute atomic E-state index is 0.376. The first-order valence-corrected chi connectivity index (χ1v) is 5.77. The summed E-state index contributed by atoms with van der Waals surface area (Å²) in [6.45, 7) is 1.82. The third kappa shape index (κ3) is 2.18. The highest BCUT2D eigenvalue weighted by atomic mass is 79.9. The summed E-state index contributed by atoms with van der Waals surface area (Å²) in [5.74, 6) is 0. The molecule has 16 heavy (non-hydrogen) atoms. The van der Waals surface area contributed by atoms with Crippen LogP contribution in [-0.2, 0) is 0 Å². The van der Waals surface area contributed by atoms with Gasteiger partial charge in [-0.1, -0.05) is 15.9 Å². The molecular weight excluding hydrogens is 291 g/mol. The lowest BCUT2D eigenvalue weighted by Gasteiger charge is -2.04. The average Bonchev–Trinajstić information content (AvgIpc) is 2.61. The van der Waals surface area contributed by atoms with Crippen molar-refractivity contribution < 1.29 is 4.79 Å². The maximum Gasteiger partial charge on any atom is 0.270 e. The molecule has 0 atom stereocenters. The third-order valence-corrected chi connectivity index (χ3v) is 2.83. The molecule has 3 nitrogen and oxygen atoms in total. The van der Waals surface area contributed by atoms with Crippen LogP contribution in [0.3, 0.4) is 0 Å². The molecule has 0 amide bonds. The lowest BCUT2D eigenvalue weighted by atomic mass is 10.3. The van der Waals surface area contributed by atoms with Crippen molar-refractivity contribution in [3.05, 3.63) is 46.2 Å². The highest BCUT2D eigenvalue weighted by Gasteiger charge is 2.12. The van der Waals surface area contributed by atoms with E-state index in [-0.39, 0.29) is 0 Å². The Balaban J connectivity index is 2.55. The molecule has 1 heterocycles. The van der Waals surface area contributed by atoms with Gasteiger partial charge in [-0.15, -0.1) is 0 Å². The van der Waals surface area contributed by atoms with Gasteiger partial charge in [0.25, 0.3) is 5.24 Å². The number of aromatic nitrogens is 2. The molecule has 0 N–H and O–H groups in total. The fraction of sp³-hybridized carbons (Fsp3) is 0.0909. The molecule has 0 aliphatic rings. The fourth-order valence-electron chi connectivity index (χ4n) is 1.42. The molecule has 0 fully saturated rings. The van der Waals surface area contributed by atoms with Gasteiger partial charge in [-0.05, 0) is 48.9 Å². The van der Waals surface area contributed by atoms with Crippen molar-refractivity contribution in [2.24, 2.45) is 0 Å². The molecular formula is C11H8BrClN2O. The predicted molar refractivity (Wildman–Crippen MR) is 66.2 cm³/mol. The smallest absolute Gasteiger partial charge is 0.270 e. The number of hydrogen-bond donors (Lipinski definition) is 0. The van der Waals surface area contributed by atoms with Crippen molar-refractivity contribution in [3.63, 3.8) is 0 Å². The SMILES string of the molecule is Cc1cc(C(=O)Cl)n(-c2ccc(Br)cc2)n1. The van der Waals surface area contributed by atoms with Crippen molar-refractivity contribution in [3.8, 4) is 5.69 Å². The van der Waals surface area contributed by atoms with Gasteiger partial charge in [0.15, 0.2) is 0 Å². The maximum absolute atomic E-state index is 11.2. The van der Waals surface area contributed by atoms with Crippen LogP contribution in [0.1, 0.15) is 16.2 Å². The molecule has 0 radical (unpaired) electrons. The summed E-state index contributed by atoms with van der Waals surface area (Å²) >= 11 is 8.84. The molecule has 0 unspecified atom stereocenters. The van der Waals surface area contributed by atoms with Crippen LogP contribution in [0, 0.1) is 6.92 Å². The van der Waals surface area contributed by atoms with E-state index in [1.54, 1.807) is 6.07 Å². The number of nitrogens with zero attached hydrogens (tertiary/aromatic N) is 2. The van der Waals surface area contributed by atoms with Crippen LogP contribution in [0.2, 0.25) is 0 Å². The Labute approximate surface area is 106 Å². The molecule has 2 rings (SSSR count). The van der Waals surface area contributed by atoms with Crippen molar-refractivity contribution in [2.45, 2.75) is 6.92 Å². The van der Waals surface area contributed by atoms with Gasteiger partial charge in [-0.25, -0.2) is 4.68 Å². The number of rotatable bonds is 2. The largest absolute Gasteiger partial charge is 0.274 e. The molecule has 0 saturated carbocycles. The van der Waals surface area contributed by atoms with E-state index in [0.717, 1.165) is 15.9 Å². The Bertz CT molecular complexity index is 533. The van der Waals surface area contributed by atoms with Crippen LogP contribution in [0.25, 0.3) is 5.69 Å². The molecule has 0 aliphatic carbocycles. The van der Waals surface area contributed by atoms with E-state index >= 15 is 0 Å². The van der Waals surface area contributed by atoms with Crippen LogP contribution in [0.15, 0.2) is 34.8 Å². The summed E-state index contributed by atoms with van der Waals surface area (Å²) in [5, 5.41) is 3.72. The van der Waals surface area contributed by atoms with Gasteiger partial charge >= 0.3 is 0 Å². The Kier molecular flexibility index (Phi) is 3.12. The van der Waals surface area contributed by atoms with Gasteiger partial charge in [-0.3, -0.25) is 4.79 Å². The van der Waals surface area contributed by atoms with E-state index < -0.39 is 5.24 Å². The lowest BCUT2D eigenvalue weighted by Crippen LogP contribution is -2.04. The number of hydrogen-bond acceptors (Lipinski definition) is 2. The number of carbonyl (C=O) groups is 1. The predicted octanol–water partition coefficient (Wildman–Crippen LogP) is 3.32. The Hall–Kier alpha value is -1.13. The van der Waals surface area contributed by atoms with E-state index in [2.05, 4.69) is 21.0 Å². The molecule has 1 aromatic heterocycles. The Morgan fingerprint density at radius 2 is 2.00 bits per heavy atom. The van der Waals surface area contributed by atoms with Gasteiger partial charge < -0.3 is 0 Å². The number of carbonyl (C=O) groups excluding carboxylic acids is 1. The van der Waals surface area contributed by atoms with Crippen LogP contribution in [0.4, 0.5) is 0 Å². The number of benzene rings is 1. The molecule has 1 aromatic carbocycles. The minimum atomic E-state index is -0.511. The zero-order valence-electron chi connectivity index (χ0n) is 8.45. The lowest BCUT2D eigenvalue weighted by molar-refractivity contribution is 0.107. The third-order valence-electron chi connectivity index (χ3n) is 2.10. The van der Waals surface area contributed by atoms with E-state index in [1.807, 2.05) is 31.2 Å². The van der Waals surface area contributed by atoms with E-state index in [4.69, 9.17) is 11.6 Å². The van der Waals surface area contributed by atoms with Crippen LogP contribution in [-0.4, -0.2) is 15.0 Å². The zero-order chi connectivity index (χ0) is 11.7. The fourth-order valence-corrected chi connectivity index (χ4v) is 1.82. The first kappa shape index (κ1) is 11.4. The molecule has 0 saturated heterocycles. The zero-order valence-corrected chi connectivity index (χ0v) is 10.8. The summed E-state index contributed by atoms with van der Waals surface area (Å²) in [5.41, 5.74) is 1.94. The second-order valence-electron chi connectivity index (χ2n) is 3.33. The molecule has 0 bridgehead atoms. The van der Waals surface area contributed by atoms with Gasteiger partial charge in [0.2, 0.25) is 0 Å². The summed E-state index contributed by atoms with van der Waals surface area (Å²) < 4.78 is 2.51. The van der Waals surface area contributed by atoms with Crippen LogP contribution in [0.5, 0.6) is 0 Å². The van der Waals surface area contributed by atoms with Gasteiger partial charge in [-0.2, -0.15) is 5.10 Å². The molecule has 82 valence electrons. The number of aryl methyl sites for hydroxylation is 1. The van der Waals surface area contributed by atoms with Gasteiger partial charge in [0.1, 0.15) is 5.69 Å². The van der Waals surface area contributed by atoms with Crippen molar-refractivity contribution in [2.75, 3.05) is 0 Å². The van der Waals surface area contributed by atoms with Crippen LogP contribution < -0.4 is 0 Å². The Morgan fingerprint density at radius 3 is 2.56 bits per heavy atom.